The summed E-state index contributed by atoms with van der Waals surface area (Å²) in [5.41, 5.74) is 6.40. The summed E-state index contributed by atoms with van der Waals surface area (Å²) in [6.07, 6.45) is -0.498. The Balaban J connectivity index is 2.67. The minimum absolute atomic E-state index is 0.128. The van der Waals surface area contributed by atoms with Crippen molar-refractivity contribution in [2.75, 3.05) is 31.2 Å². The molecule has 0 aromatic heterocycles. The number of nitrogens with two attached hydrogens (primary N) is 1. The number of benzene rings is 1. The Kier molecular flexibility index (Phi) is 5.87. The van der Waals surface area contributed by atoms with Crippen LogP contribution in [0.2, 0.25) is 10.0 Å². The van der Waals surface area contributed by atoms with Crippen molar-refractivity contribution in [1.29, 1.82) is 0 Å². The van der Waals surface area contributed by atoms with Gasteiger partial charge in [0.05, 0.1) is 29.0 Å². The first-order valence-corrected chi connectivity index (χ1v) is 6.46. The molecular formula is C12H17Cl2N3O2. The Hall–Kier alpha value is -1.01. The summed E-state index contributed by atoms with van der Waals surface area (Å²) in [5.74, 6) is -0.265. The predicted molar refractivity (Wildman–Crippen MR) is 78.7 cm³/mol. The lowest BCUT2D eigenvalue weighted by atomic mass is 10.2. The molecule has 0 spiro atoms. The van der Waals surface area contributed by atoms with Crippen LogP contribution in [0.3, 0.4) is 0 Å². The van der Waals surface area contributed by atoms with Gasteiger partial charge in [-0.1, -0.05) is 23.2 Å². The van der Waals surface area contributed by atoms with Crippen LogP contribution in [0.4, 0.5) is 11.4 Å². The minimum atomic E-state index is -0.498. The smallest absolute Gasteiger partial charge is 0.238 e. The van der Waals surface area contributed by atoms with Crippen molar-refractivity contribution < 1.29 is 9.90 Å². The second-order valence-corrected chi connectivity index (χ2v) is 5.29. The topological polar surface area (TPSA) is 78.6 Å². The van der Waals surface area contributed by atoms with Gasteiger partial charge in [-0.2, -0.15) is 0 Å². The number of carbonyl (C=O) groups excluding carboxylic acids is 1. The highest BCUT2D eigenvalue weighted by atomic mass is 35.5. The molecule has 0 aliphatic heterocycles. The van der Waals surface area contributed by atoms with Crippen LogP contribution in [0.25, 0.3) is 0 Å². The van der Waals surface area contributed by atoms with Crippen LogP contribution >= 0.6 is 23.2 Å². The van der Waals surface area contributed by atoms with Crippen LogP contribution in [-0.2, 0) is 4.79 Å². The zero-order valence-corrected chi connectivity index (χ0v) is 12.3. The van der Waals surface area contributed by atoms with Crippen molar-refractivity contribution in [2.45, 2.75) is 13.0 Å². The fourth-order valence-electron chi connectivity index (χ4n) is 1.67. The maximum atomic E-state index is 11.8. The van der Waals surface area contributed by atoms with Crippen LogP contribution in [-0.4, -0.2) is 42.2 Å². The summed E-state index contributed by atoms with van der Waals surface area (Å²) in [5, 5.41) is 12.5. The minimum Gasteiger partial charge on any atom is -0.397 e. The first-order valence-electron chi connectivity index (χ1n) is 5.70. The molecule has 1 aromatic rings. The van der Waals surface area contributed by atoms with Crippen LogP contribution in [0.15, 0.2) is 12.1 Å². The molecule has 0 bridgehead atoms. The monoisotopic (exact) mass is 305 g/mol. The summed E-state index contributed by atoms with van der Waals surface area (Å²) in [6, 6.07) is 3.02. The average Bonchev–Trinajstić information content (AvgIpc) is 2.21. The fraction of sp³-hybridized carbons (Fsp3) is 0.417. The normalized spacial score (nSPS) is 12.5. The van der Waals surface area contributed by atoms with Gasteiger partial charge in [0.2, 0.25) is 5.91 Å². The van der Waals surface area contributed by atoms with E-state index in [9.17, 15) is 9.90 Å². The zero-order valence-electron chi connectivity index (χ0n) is 10.8. The number of aliphatic hydroxyl groups is 1. The number of hydrogen-bond donors (Lipinski definition) is 3. The predicted octanol–water partition coefficient (Wildman–Crippen LogP) is 1.83. The lowest BCUT2D eigenvalue weighted by molar-refractivity contribution is -0.117. The quantitative estimate of drug-likeness (QED) is 0.725. The number of hydrogen-bond acceptors (Lipinski definition) is 4. The average molecular weight is 306 g/mol. The number of aliphatic hydroxyl groups excluding tert-OH is 1. The summed E-state index contributed by atoms with van der Waals surface area (Å²) < 4.78 is 0. The fourth-order valence-corrected chi connectivity index (χ4v) is 2.22. The van der Waals surface area contributed by atoms with Crippen molar-refractivity contribution in [3.05, 3.63) is 22.2 Å². The number of likely N-dealkylation sites (N-methyl/N-ethyl adjacent to an activating group) is 1. The van der Waals surface area contributed by atoms with Gasteiger partial charge < -0.3 is 16.2 Å². The number of carbonyl (C=O) groups is 1. The van der Waals surface area contributed by atoms with E-state index in [-0.39, 0.29) is 17.5 Å². The molecule has 0 fully saturated rings. The van der Waals surface area contributed by atoms with Crippen LogP contribution in [0.5, 0.6) is 0 Å². The second kappa shape index (κ2) is 6.96. The van der Waals surface area contributed by atoms with Gasteiger partial charge in [-0.25, -0.2) is 0 Å². The van der Waals surface area contributed by atoms with E-state index in [0.717, 1.165) is 0 Å². The molecular weight excluding hydrogens is 289 g/mol. The first kappa shape index (κ1) is 16.0. The number of nitrogens with zero attached hydrogens (tertiary/aromatic N) is 1. The Bertz CT molecular complexity index is 443. The molecule has 0 saturated carbocycles. The van der Waals surface area contributed by atoms with Gasteiger partial charge in [0, 0.05) is 11.6 Å². The zero-order chi connectivity index (χ0) is 14.6. The van der Waals surface area contributed by atoms with Crippen LogP contribution in [0, 0.1) is 0 Å². The molecule has 4 N–H and O–H groups in total. The van der Waals surface area contributed by atoms with Crippen molar-refractivity contribution in [2.24, 2.45) is 0 Å². The number of halogens is 2. The van der Waals surface area contributed by atoms with Gasteiger partial charge in [-0.3, -0.25) is 9.69 Å². The van der Waals surface area contributed by atoms with Gasteiger partial charge in [-0.15, -0.1) is 0 Å². The van der Waals surface area contributed by atoms with E-state index < -0.39 is 6.10 Å². The van der Waals surface area contributed by atoms with Crippen molar-refractivity contribution in [1.82, 2.24) is 4.90 Å². The van der Waals surface area contributed by atoms with E-state index in [1.54, 1.807) is 18.9 Å². The van der Waals surface area contributed by atoms with E-state index >= 15 is 0 Å². The largest absolute Gasteiger partial charge is 0.397 e. The highest BCUT2D eigenvalue weighted by Gasteiger charge is 2.13. The van der Waals surface area contributed by atoms with E-state index in [1.807, 2.05) is 0 Å². The molecule has 106 valence electrons. The molecule has 7 heteroatoms. The van der Waals surface area contributed by atoms with E-state index in [1.165, 1.54) is 12.1 Å². The van der Waals surface area contributed by atoms with E-state index in [2.05, 4.69) is 5.32 Å². The molecule has 0 heterocycles. The molecule has 5 nitrogen and oxygen atoms in total. The Morgan fingerprint density at radius 1 is 1.53 bits per heavy atom. The molecule has 0 saturated heterocycles. The standard InChI is InChI=1S/C12H17Cl2N3O2/c1-7(18)5-17(2)6-11(19)16-12-9(14)3-8(13)4-10(12)15/h3-4,7,18H,5-6,15H2,1-2H3,(H,16,19). The third kappa shape index (κ3) is 5.24. The maximum absolute atomic E-state index is 11.8. The van der Waals surface area contributed by atoms with E-state index in [4.69, 9.17) is 28.9 Å². The third-order valence-corrected chi connectivity index (χ3v) is 2.86. The van der Waals surface area contributed by atoms with Crippen molar-refractivity contribution in [3.63, 3.8) is 0 Å². The second-order valence-electron chi connectivity index (χ2n) is 4.45. The molecule has 0 aliphatic carbocycles. The summed E-state index contributed by atoms with van der Waals surface area (Å²) >= 11 is 11.8. The summed E-state index contributed by atoms with van der Waals surface area (Å²) in [7, 11) is 1.74. The first-order chi connectivity index (χ1) is 8.79. The van der Waals surface area contributed by atoms with Gasteiger partial charge in [0.1, 0.15) is 0 Å². The molecule has 0 aliphatic rings. The SMILES string of the molecule is CC(O)CN(C)CC(=O)Nc1c(N)cc(Cl)cc1Cl. The molecule has 1 unspecified atom stereocenters. The number of anilines is 2. The van der Waals surface area contributed by atoms with Crippen molar-refractivity contribution in [3.8, 4) is 0 Å². The molecule has 19 heavy (non-hydrogen) atoms. The lowest BCUT2D eigenvalue weighted by Crippen LogP contribution is -2.34. The van der Waals surface area contributed by atoms with Crippen LogP contribution in [0.1, 0.15) is 6.92 Å². The van der Waals surface area contributed by atoms with Gasteiger partial charge in [-0.05, 0) is 26.1 Å². The maximum Gasteiger partial charge on any atom is 0.238 e. The highest BCUT2D eigenvalue weighted by molar-refractivity contribution is 6.37. The number of rotatable bonds is 5. The molecule has 1 amide bonds. The molecule has 1 aromatic carbocycles. The Labute approximate surface area is 122 Å². The Morgan fingerprint density at radius 3 is 2.68 bits per heavy atom. The molecule has 1 rings (SSSR count). The lowest BCUT2D eigenvalue weighted by Gasteiger charge is -2.18. The summed E-state index contributed by atoms with van der Waals surface area (Å²) in [4.78, 5) is 13.5. The van der Waals surface area contributed by atoms with Gasteiger partial charge in [0.25, 0.3) is 0 Å². The number of amides is 1. The third-order valence-electron chi connectivity index (χ3n) is 2.34. The van der Waals surface area contributed by atoms with Crippen LogP contribution < -0.4 is 11.1 Å². The van der Waals surface area contributed by atoms with Gasteiger partial charge >= 0.3 is 0 Å². The number of nitrogens with one attached hydrogen (secondary N) is 1. The molecule has 0 radical (unpaired) electrons. The van der Waals surface area contributed by atoms with E-state index in [0.29, 0.717) is 22.9 Å². The van der Waals surface area contributed by atoms with Gasteiger partial charge in [0.15, 0.2) is 0 Å². The van der Waals surface area contributed by atoms with Crippen molar-refractivity contribution >= 4 is 40.5 Å². The number of nitrogen functional groups attached to an aromatic ring is 1. The Morgan fingerprint density at radius 2 is 2.16 bits per heavy atom. The summed E-state index contributed by atoms with van der Waals surface area (Å²) in [6.45, 7) is 2.18. The molecule has 1 atom stereocenters. The highest BCUT2D eigenvalue weighted by Crippen LogP contribution is 2.31.